The predicted molar refractivity (Wildman–Crippen MR) is 81.6 cm³/mol. The van der Waals surface area contributed by atoms with Gasteiger partial charge >= 0.3 is 0 Å². The van der Waals surface area contributed by atoms with Crippen molar-refractivity contribution in [2.75, 3.05) is 0 Å². The van der Waals surface area contributed by atoms with Crippen molar-refractivity contribution >= 4 is 8.41 Å². The Labute approximate surface area is 157 Å². The Morgan fingerprint density at radius 1 is 0.350 bits per heavy atom. The molecule has 0 amide bonds. The van der Waals surface area contributed by atoms with Crippen molar-refractivity contribution in [2.45, 2.75) is 0 Å². The minimum absolute atomic E-state index is 0. The minimum atomic E-state index is 0. The molecule has 3 aromatic rings. The maximum absolute atomic E-state index is 2.89. The summed E-state index contributed by atoms with van der Waals surface area (Å²) in [5.74, 6) is 0. The first-order valence-electron chi connectivity index (χ1n) is 5.73. The van der Waals surface area contributed by atoms with E-state index in [2.05, 4.69) is 18.2 Å². The molecule has 0 heterocycles. The number of hydrogen-bond donors (Lipinski definition) is 0. The standard InChI is InChI=1S/3C6H5.B.Pr/c3*1-2-4-6-5-3-1;;/h3*1-5H;;/q3*-1;;. The van der Waals surface area contributed by atoms with Crippen LogP contribution in [0.1, 0.15) is 0 Å². The Bertz CT molecular complexity index is 302. The van der Waals surface area contributed by atoms with Crippen molar-refractivity contribution in [1.82, 2.24) is 0 Å². The summed E-state index contributed by atoms with van der Waals surface area (Å²) < 4.78 is 0. The van der Waals surface area contributed by atoms with Gasteiger partial charge in [0.1, 0.15) is 0 Å². The van der Waals surface area contributed by atoms with Crippen LogP contribution in [0, 0.1) is 59.5 Å². The van der Waals surface area contributed by atoms with Crippen LogP contribution in [-0.4, -0.2) is 8.41 Å². The topological polar surface area (TPSA) is 0 Å². The van der Waals surface area contributed by atoms with Gasteiger partial charge in [0.15, 0.2) is 0 Å². The molecule has 3 aromatic carbocycles. The summed E-state index contributed by atoms with van der Waals surface area (Å²) >= 11 is 0. The number of benzene rings is 3. The van der Waals surface area contributed by atoms with Crippen LogP contribution in [0.5, 0.6) is 0 Å². The van der Waals surface area contributed by atoms with Crippen LogP contribution in [0.25, 0.3) is 0 Å². The van der Waals surface area contributed by atoms with E-state index in [-0.39, 0.29) is 49.7 Å². The van der Waals surface area contributed by atoms with Gasteiger partial charge in [0.05, 0.1) is 0 Å². The molecule has 0 aliphatic heterocycles. The van der Waals surface area contributed by atoms with Crippen LogP contribution in [0.4, 0.5) is 0 Å². The second kappa shape index (κ2) is 18.1. The molecule has 0 aliphatic rings. The third-order valence-corrected chi connectivity index (χ3v) is 1.82. The molecule has 2 heteroatoms. The SMILES string of the molecule is [B].[Pr].[c-]1ccccc1.[c-]1ccccc1.[c-]1ccccc1. The second-order valence-corrected chi connectivity index (χ2v) is 3.23. The molecule has 20 heavy (non-hydrogen) atoms. The first-order chi connectivity index (χ1) is 9.00. The van der Waals surface area contributed by atoms with E-state index < -0.39 is 0 Å². The van der Waals surface area contributed by atoms with Gasteiger partial charge < -0.3 is 0 Å². The molecule has 0 bridgehead atoms. The van der Waals surface area contributed by atoms with Gasteiger partial charge in [-0.25, -0.2) is 0 Å². The molecule has 0 saturated heterocycles. The van der Waals surface area contributed by atoms with Crippen molar-refractivity contribution in [2.24, 2.45) is 0 Å². The van der Waals surface area contributed by atoms with Gasteiger partial charge in [-0.05, 0) is 0 Å². The molecule has 0 spiro atoms. The zero-order chi connectivity index (χ0) is 12.7. The largest absolute Gasteiger partial charge is 0.184 e. The fourth-order valence-corrected chi connectivity index (χ4v) is 1.03. The van der Waals surface area contributed by atoms with Crippen molar-refractivity contribution in [1.29, 1.82) is 0 Å². The quantitative estimate of drug-likeness (QED) is 0.406. The first kappa shape index (κ1) is 21.4. The zero-order valence-corrected chi connectivity index (χ0v) is 15.0. The van der Waals surface area contributed by atoms with E-state index in [4.69, 9.17) is 0 Å². The van der Waals surface area contributed by atoms with Gasteiger partial charge in [-0.3, -0.25) is 0 Å². The Morgan fingerprint density at radius 2 is 0.550 bits per heavy atom. The fraction of sp³-hybridized carbons (Fsp3) is 0. The Hall–Kier alpha value is -0.911. The van der Waals surface area contributed by atoms with E-state index in [1.165, 1.54) is 0 Å². The van der Waals surface area contributed by atoms with Gasteiger partial charge in [0, 0.05) is 49.7 Å². The summed E-state index contributed by atoms with van der Waals surface area (Å²) in [4.78, 5) is 0. The zero-order valence-electron chi connectivity index (χ0n) is 11.3. The average molecular weight is 383 g/mol. The molecule has 0 aromatic heterocycles. The molecule has 0 unspecified atom stereocenters. The van der Waals surface area contributed by atoms with Gasteiger partial charge in [0.25, 0.3) is 0 Å². The number of hydrogen-bond acceptors (Lipinski definition) is 0. The van der Waals surface area contributed by atoms with Crippen LogP contribution >= 0.6 is 0 Å². The van der Waals surface area contributed by atoms with Gasteiger partial charge in [-0.2, -0.15) is 109 Å². The van der Waals surface area contributed by atoms with Gasteiger partial charge in [0.2, 0.25) is 0 Å². The summed E-state index contributed by atoms with van der Waals surface area (Å²) in [6.45, 7) is 0. The molecule has 0 fully saturated rings. The Balaban J connectivity index is 0. The molecular formula is C18H15BPr-3. The van der Waals surface area contributed by atoms with Crippen molar-refractivity contribution in [3.05, 3.63) is 109 Å². The molecule has 0 N–H and O–H groups in total. The van der Waals surface area contributed by atoms with Crippen molar-refractivity contribution < 1.29 is 41.3 Å². The molecule has 96 valence electrons. The fourth-order valence-electron chi connectivity index (χ4n) is 1.03. The maximum Gasteiger partial charge on any atom is 0 e. The van der Waals surface area contributed by atoms with E-state index in [9.17, 15) is 0 Å². The molecule has 0 nitrogen and oxygen atoms in total. The van der Waals surface area contributed by atoms with E-state index in [0.29, 0.717) is 0 Å². The normalized spacial score (nSPS) is 7.20. The maximum atomic E-state index is 2.89. The third-order valence-electron chi connectivity index (χ3n) is 1.82. The molecule has 4 radical (unpaired) electrons. The minimum Gasteiger partial charge on any atom is -0.184 e. The van der Waals surface area contributed by atoms with Crippen LogP contribution < -0.4 is 0 Å². The smallest absolute Gasteiger partial charge is 0 e. The Morgan fingerprint density at radius 3 is 0.600 bits per heavy atom. The predicted octanol–water partition coefficient (Wildman–Crippen LogP) is 4.08. The van der Waals surface area contributed by atoms with Crippen LogP contribution in [0.3, 0.4) is 0 Å². The summed E-state index contributed by atoms with van der Waals surface area (Å²) in [5.41, 5.74) is 0. The van der Waals surface area contributed by atoms with Crippen LogP contribution in [0.2, 0.25) is 0 Å². The summed E-state index contributed by atoms with van der Waals surface area (Å²) in [7, 11) is 0. The first-order valence-corrected chi connectivity index (χ1v) is 5.73. The molecule has 0 saturated carbocycles. The van der Waals surface area contributed by atoms with Crippen LogP contribution in [0.15, 0.2) is 91.0 Å². The van der Waals surface area contributed by atoms with Gasteiger partial charge in [-0.1, -0.05) is 0 Å². The summed E-state index contributed by atoms with van der Waals surface area (Å²) in [5, 5.41) is 0. The van der Waals surface area contributed by atoms with Gasteiger partial charge in [-0.15, -0.1) is 0 Å². The van der Waals surface area contributed by atoms with Crippen molar-refractivity contribution in [3.63, 3.8) is 0 Å². The van der Waals surface area contributed by atoms with Crippen molar-refractivity contribution in [3.8, 4) is 0 Å². The second-order valence-electron chi connectivity index (χ2n) is 3.23. The summed E-state index contributed by atoms with van der Waals surface area (Å²) in [6, 6.07) is 37.5. The molecular weight excluding hydrogens is 368 g/mol. The number of rotatable bonds is 0. The van der Waals surface area contributed by atoms with E-state index >= 15 is 0 Å². The monoisotopic (exact) mass is 383 g/mol. The van der Waals surface area contributed by atoms with E-state index in [1.54, 1.807) is 0 Å². The van der Waals surface area contributed by atoms with E-state index in [1.807, 2.05) is 91.0 Å². The average Bonchev–Trinajstić information content (AvgIpc) is 2.54. The third kappa shape index (κ3) is 15.1. The summed E-state index contributed by atoms with van der Waals surface area (Å²) in [6.07, 6.45) is 0. The molecule has 0 aliphatic carbocycles. The molecule has 0 atom stereocenters. The van der Waals surface area contributed by atoms with Crippen LogP contribution in [-0.2, 0) is 0 Å². The molecule has 3 rings (SSSR count). The van der Waals surface area contributed by atoms with E-state index in [0.717, 1.165) is 0 Å². The Kier molecular flexibility index (Phi) is 19.3.